The topological polar surface area (TPSA) is 58.1 Å². The summed E-state index contributed by atoms with van der Waals surface area (Å²) in [5.41, 5.74) is 1.06. The zero-order valence-electron chi connectivity index (χ0n) is 13.8. The van der Waals surface area contributed by atoms with E-state index in [1.165, 1.54) is 17.4 Å². The van der Waals surface area contributed by atoms with Crippen molar-refractivity contribution in [1.82, 2.24) is 9.97 Å². The van der Waals surface area contributed by atoms with Gasteiger partial charge in [-0.05, 0) is 37.1 Å². The number of benzene rings is 1. The molecule has 0 atom stereocenters. The van der Waals surface area contributed by atoms with Crippen molar-refractivity contribution in [1.29, 1.82) is 0 Å². The van der Waals surface area contributed by atoms with Gasteiger partial charge in [-0.25, -0.2) is 14.4 Å². The standard InChI is InChI=1S/C18H16ClFN4OS/c19-15-5-4-12(10-21-15)22-17(25)11-6-8-24(9-7-11)18-23-16-13(20)2-1-3-14(16)26-18/h1-5,10-11H,6-9H2,(H,22,25). The number of carbonyl (C=O) groups excluding carboxylic acids is 1. The van der Waals surface area contributed by atoms with Gasteiger partial charge in [-0.3, -0.25) is 4.79 Å². The summed E-state index contributed by atoms with van der Waals surface area (Å²) in [6, 6.07) is 8.37. The van der Waals surface area contributed by atoms with Crippen molar-refractivity contribution >= 4 is 49.9 Å². The van der Waals surface area contributed by atoms with E-state index in [4.69, 9.17) is 11.6 Å². The molecule has 134 valence electrons. The van der Waals surface area contributed by atoms with Gasteiger partial charge in [-0.1, -0.05) is 29.0 Å². The van der Waals surface area contributed by atoms with Crippen LogP contribution < -0.4 is 10.2 Å². The van der Waals surface area contributed by atoms with Gasteiger partial charge in [0.15, 0.2) is 5.13 Å². The molecule has 0 unspecified atom stereocenters. The van der Waals surface area contributed by atoms with E-state index in [-0.39, 0.29) is 17.6 Å². The quantitative estimate of drug-likeness (QED) is 0.676. The minimum atomic E-state index is -0.296. The largest absolute Gasteiger partial charge is 0.348 e. The Hall–Kier alpha value is -2.25. The molecule has 2 aromatic heterocycles. The second-order valence-electron chi connectivity index (χ2n) is 6.20. The van der Waals surface area contributed by atoms with Crippen molar-refractivity contribution in [3.8, 4) is 0 Å². The molecule has 1 aliphatic heterocycles. The third kappa shape index (κ3) is 3.50. The summed E-state index contributed by atoms with van der Waals surface area (Å²) in [6.07, 6.45) is 3.00. The van der Waals surface area contributed by atoms with Crippen molar-refractivity contribution in [3.05, 3.63) is 47.5 Å². The highest BCUT2D eigenvalue weighted by molar-refractivity contribution is 7.22. The molecule has 1 aromatic carbocycles. The number of halogens is 2. The van der Waals surface area contributed by atoms with E-state index in [0.29, 0.717) is 16.4 Å². The summed E-state index contributed by atoms with van der Waals surface area (Å²) in [5.74, 6) is -0.368. The maximum absolute atomic E-state index is 13.8. The van der Waals surface area contributed by atoms with Crippen molar-refractivity contribution in [2.45, 2.75) is 12.8 Å². The molecule has 0 radical (unpaired) electrons. The SMILES string of the molecule is O=C(Nc1ccc(Cl)nc1)C1CCN(c2nc3c(F)cccc3s2)CC1. The van der Waals surface area contributed by atoms with Crippen molar-refractivity contribution in [2.75, 3.05) is 23.3 Å². The Morgan fingerprint density at radius 2 is 2.08 bits per heavy atom. The fraction of sp³-hybridized carbons (Fsp3) is 0.278. The second kappa shape index (κ2) is 7.17. The first kappa shape index (κ1) is 17.2. The molecule has 1 fully saturated rings. The van der Waals surface area contributed by atoms with Crippen LogP contribution in [-0.4, -0.2) is 29.0 Å². The molecule has 1 amide bonds. The predicted octanol–water partition coefficient (Wildman–Crippen LogP) is 4.34. The minimum Gasteiger partial charge on any atom is -0.348 e. The maximum atomic E-state index is 13.8. The molecule has 1 aliphatic rings. The van der Waals surface area contributed by atoms with Crippen molar-refractivity contribution in [3.63, 3.8) is 0 Å². The van der Waals surface area contributed by atoms with Crippen LogP contribution in [-0.2, 0) is 4.79 Å². The monoisotopic (exact) mass is 390 g/mol. The molecule has 3 aromatic rings. The molecule has 26 heavy (non-hydrogen) atoms. The van der Waals surface area contributed by atoms with E-state index in [2.05, 4.69) is 20.2 Å². The number of rotatable bonds is 3. The van der Waals surface area contributed by atoms with Gasteiger partial charge in [0.2, 0.25) is 5.91 Å². The Balaban J connectivity index is 1.39. The molecular formula is C18H16ClFN4OS. The first-order valence-electron chi connectivity index (χ1n) is 8.32. The molecule has 5 nitrogen and oxygen atoms in total. The van der Waals surface area contributed by atoms with Gasteiger partial charge in [0, 0.05) is 19.0 Å². The summed E-state index contributed by atoms with van der Waals surface area (Å²) in [5, 5.41) is 4.08. The highest BCUT2D eigenvalue weighted by atomic mass is 35.5. The Labute approximate surface area is 158 Å². The first-order chi connectivity index (χ1) is 12.6. The molecule has 4 rings (SSSR count). The molecule has 1 saturated heterocycles. The number of fused-ring (bicyclic) bond motifs is 1. The summed E-state index contributed by atoms with van der Waals surface area (Å²) in [6.45, 7) is 1.44. The van der Waals surface area contributed by atoms with E-state index in [0.717, 1.165) is 35.8 Å². The van der Waals surface area contributed by atoms with E-state index in [1.807, 2.05) is 6.07 Å². The van der Waals surface area contributed by atoms with Crippen molar-refractivity contribution in [2.24, 2.45) is 5.92 Å². The summed E-state index contributed by atoms with van der Waals surface area (Å²) in [4.78, 5) is 22.9. The second-order valence-corrected chi connectivity index (χ2v) is 7.60. The van der Waals surface area contributed by atoms with Gasteiger partial charge < -0.3 is 10.2 Å². The number of nitrogens with zero attached hydrogens (tertiary/aromatic N) is 3. The van der Waals surface area contributed by atoms with E-state index in [1.54, 1.807) is 24.4 Å². The third-order valence-electron chi connectivity index (χ3n) is 4.49. The lowest BCUT2D eigenvalue weighted by molar-refractivity contribution is -0.120. The lowest BCUT2D eigenvalue weighted by Gasteiger charge is -2.31. The molecular weight excluding hydrogens is 375 g/mol. The van der Waals surface area contributed by atoms with Gasteiger partial charge >= 0.3 is 0 Å². The molecule has 0 spiro atoms. The van der Waals surface area contributed by atoms with Crippen LogP contribution in [0.25, 0.3) is 10.2 Å². The third-order valence-corrected chi connectivity index (χ3v) is 5.79. The maximum Gasteiger partial charge on any atom is 0.227 e. The lowest BCUT2D eigenvalue weighted by atomic mass is 9.96. The number of aromatic nitrogens is 2. The van der Waals surface area contributed by atoms with Crippen LogP contribution in [0.3, 0.4) is 0 Å². The van der Waals surface area contributed by atoms with Crippen LogP contribution >= 0.6 is 22.9 Å². The number of pyridine rings is 1. The highest BCUT2D eigenvalue weighted by Crippen LogP contribution is 2.32. The number of anilines is 2. The number of thiazole rings is 1. The van der Waals surface area contributed by atoms with Crippen molar-refractivity contribution < 1.29 is 9.18 Å². The molecule has 0 bridgehead atoms. The zero-order chi connectivity index (χ0) is 18.1. The van der Waals surface area contributed by atoms with Crippen LogP contribution in [0.4, 0.5) is 15.2 Å². The number of para-hydroxylation sites is 1. The number of amides is 1. The molecule has 0 saturated carbocycles. The fourth-order valence-corrected chi connectivity index (χ4v) is 4.21. The van der Waals surface area contributed by atoms with E-state index < -0.39 is 0 Å². The zero-order valence-corrected chi connectivity index (χ0v) is 15.4. The van der Waals surface area contributed by atoms with Crippen LogP contribution in [0, 0.1) is 11.7 Å². The summed E-state index contributed by atoms with van der Waals surface area (Å²) in [7, 11) is 0. The average Bonchev–Trinajstić information content (AvgIpc) is 3.09. The normalized spacial score (nSPS) is 15.4. The number of carbonyl (C=O) groups is 1. The molecule has 1 N–H and O–H groups in total. The van der Waals surface area contributed by atoms with Gasteiger partial charge in [-0.2, -0.15) is 0 Å². The van der Waals surface area contributed by atoms with Crippen LogP contribution in [0.1, 0.15) is 12.8 Å². The van der Waals surface area contributed by atoms with E-state index >= 15 is 0 Å². The Morgan fingerprint density at radius 3 is 2.77 bits per heavy atom. The Morgan fingerprint density at radius 1 is 1.27 bits per heavy atom. The number of hydrogen-bond acceptors (Lipinski definition) is 5. The first-order valence-corrected chi connectivity index (χ1v) is 9.52. The van der Waals surface area contributed by atoms with Crippen LogP contribution in [0.2, 0.25) is 5.15 Å². The van der Waals surface area contributed by atoms with Gasteiger partial charge in [0.05, 0.1) is 16.6 Å². The van der Waals surface area contributed by atoms with Gasteiger partial charge in [0.25, 0.3) is 0 Å². The summed E-state index contributed by atoms with van der Waals surface area (Å²) < 4.78 is 14.7. The fourth-order valence-electron chi connectivity index (χ4n) is 3.07. The Bertz CT molecular complexity index is 938. The Kier molecular flexibility index (Phi) is 4.74. The molecule has 3 heterocycles. The van der Waals surface area contributed by atoms with E-state index in [9.17, 15) is 9.18 Å². The number of nitrogens with one attached hydrogen (secondary N) is 1. The number of hydrogen-bond donors (Lipinski definition) is 1. The molecule has 8 heteroatoms. The average molecular weight is 391 g/mol. The van der Waals surface area contributed by atoms with Gasteiger partial charge in [0.1, 0.15) is 16.5 Å². The van der Waals surface area contributed by atoms with Gasteiger partial charge in [-0.15, -0.1) is 0 Å². The predicted molar refractivity (Wildman–Crippen MR) is 102 cm³/mol. The lowest BCUT2D eigenvalue weighted by Crippen LogP contribution is -2.38. The minimum absolute atomic E-state index is 0.0101. The summed E-state index contributed by atoms with van der Waals surface area (Å²) >= 11 is 7.24. The smallest absolute Gasteiger partial charge is 0.227 e. The van der Waals surface area contributed by atoms with Crippen LogP contribution in [0.15, 0.2) is 36.5 Å². The van der Waals surface area contributed by atoms with Crippen LogP contribution in [0.5, 0.6) is 0 Å². The number of piperidine rings is 1. The molecule has 0 aliphatic carbocycles. The highest BCUT2D eigenvalue weighted by Gasteiger charge is 2.26.